The van der Waals surface area contributed by atoms with Crippen molar-refractivity contribution in [1.82, 2.24) is 0 Å². The number of anilines is 1. The third-order valence-electron chi connectivity index (χ3n) is 2.87. The molecule has 0 amide bonds. The maximum Gasteiger partial charge on any atom is 0.0991 e. The molecule has 0 spiro atoms. The van der Waals surface area contributed by atoms with E-state index in [-0.39, 0.29) is 0 Å². The van der Waals surface area contributed by atoms with Gasteiger partial charge >= 0.3 is 0 Å². The molecule has 2 aromatic rings. The molecule has 0 saturated carbocycles. The Balaban J connectivity index is 1.83. The molecule has 96 valence electrons. The third-order valence-corrected chi connectivity index (χ3v) is 2.87. The van der Waals surface area contributed by atoms with Gasteiger partial charge in [-0.2, -0.15) is 5.26 Å². The summed E-state index contributed by atoms with van der Waals surface area (Å²) in [6, 6.07) is 19.2. The van der Waals surface area contributed by atoms with Crippen molar-refractivity contribution in [3.05, 3.63) is 65.7 Å². The molecule has 0 bridgehead atoms. The van der Waals surface area contributed by atoms with E-state index in [4.69, 9.17) is 5.26 Å². The minimum absolute atomic E-state index is 0.432. The van der Waals surface area contributed by atoms with Crippen LogP contribution in [0.3, 0.4) is 0 Å². The van der Waals surface area contributed by atoms with E-state index in [1.165, 1.54) is 0 Å². The SMILES string of the molecule is N#Cc1ccc(NC[C@H](O)Cc2ccccc2)cc1. The molecule has 1 atom stereocenters. The van der Waals surface area contributed by atoms with Crippen LogP contribution in [0.15, 0.2) is 54.6 Å². The summed E-state index contributed by atoms with van der Waals surface area (Å²) in [6.07, 6.45) is 0.197. The fourth-order valence-corrected chi connectivity index (χ4v) is 1.86. The molecular formula is C16H16N2O. The highest BCUT2D eigenvalue weighted by molar-refractivity contribution is 5.47. The predicted octanol–water partition coefficient (Wildman–Crippen LogP) is 2.57. The summed E-state index contributed by atoms with van der Waals surface area (Å²) in [5, 5.41) is 21.8. The summed E-state index contributed by atoms with van der Waals surface area (Å²) in [6.45, 7) is 0.487. The van der Waals surface area contributed by atoms with Gasteiger partial charge in [0.2, 0.25) is 0 Å². The van der Waals surface area contributed by atoms with Crippen LogP contribution in [-0.2, 0) is 6.42 Å². The standard InChI is InChI=1S/C16H16N2O/c17-11-14-6-8-15(9-7-14)18-12-16(19)10-13-4-2-1-3-5-13/h1-9,16,18-19H,10,12H2/t16-/m1/s1. The highest BCUT2D eigenvalue weighted by Gasteiger charge is 2.05. The van der Waals surface area contributed by atoms with Gasteiger partial charge in [0, 0.05) is 18.7 Å². The lowest BCUT2D eigenvalue weighted by atomic mass is 10.1. The van der Waals surface area contributed by atoms with Crippen molar-refractivity contribution >= 4 is 5.69 Å². The van der Waals surface area contributed by atoms with Gasteiger partial charge in [0.05, 0.1) is 17.7 Å². The lowest BCUT2D eigenvalue weighted by Gasteiger charge is -2.13. The van der Waals surface area contributed by atoms with Crippen LogP contribution < -0.4 is 5.32 Å². The number of hydrogen-bond acceptors (Lipinski definition) is 3. The number of benzene rings is 2. The minimum atomic E-state index is -0.432. The first-order valence-corrected chi connectivity index (χ1v) is 6.24. The van der Waals surface area contributed by atoms with Crippen molar-refractivity contribution in [3.8, 4) is 6.07 Å². The first kappa shape index (κ1) is 13.1. The van der Waals surface area contributed by atoms with Crippen LogP contribution in [0.1, 0.15) is 11.1 Å². The van der Waals surface area contributed by atoms with Gasteiger partial charge in [0.25, 0.3) is 0 Å². The molecule has 0 aliphatic rings. The monoisotopic (exact) mass is 252 g/mol. The summed E-state index contributed by atoms with van der Waals surface area (Å²) in [5.74, 6) is 0. The van der Waals surface area contributed by atoms with Crippen molar-refractivity contribution < 1.29 is 5.11 Å². The van der Waals surface area contributed by atoms with Crippen LogP contribution in [0.25, 0.3) is 0 Å². The van der Waals surface area contributed by atoms with Gasteiger partial charge < -0.3 is 10.4 Å². The molecule has 0 aliphatic carbocycles. The van der Waals surface area contributed by atoms with Crippen molar-refractivity contribution in [2.45, 2.75) is 12.5 Å². The van der Waals surface area contributed by atoms with Gasteiger partial charge in [-0.05, 0) is 29.8 Å². The average Bonchev–Trinajstić information content (AvgIpc) is 2.47. The smallest absolute Gasteiger partial charge is 0.0991 e. The van der Waals surface area contributed by atoms with Crippen LogP contribution in [0.2, 0.25) is 0 Å². The van der Waals surface area contributed by atoms with Crippen LogP contribution in [-0.4, -0.2) is 17.8 Å². The third kappa shape index (κ3) is 4.13. The summed E-state index contributed by atoms with van der Waals surface area (Å²) in [7, 11) is 0. The quantitative estimate of drug-likeness (QED) is 0.860. The number of aliphatic hydroxyl groups excluding tert-OH is 1. The van der Waals surface area contributed by atoms with E-state index in [9.17, 15) is 5.11 Å². The van der Waals surface area contributed by atoms with Crippen LogP contribution in [0.4, 0.5) is 5.69 Å². The van der Waals surface area contributed by atoms with Gasteiger partial charge in [0.15, 0.2) is 0 Å². The summed E-state index contributed by atoms with van der Waals surface area (Å²) in [5.41, 5.74) is 2.66. The zero-order chi connectivity index (χ0) is 13.5. The molecule has 0 heterocycles. The molecule has 0 aromatic heterocycles. The van der Waals surface area contributed by atoms with Crippen molar-refractivity contribution in [2.75, 3.05) is 11.9 Å². The minimum Gasteiger partial charge on any atom is -0.391 e. The summed E-state index contributed by atoms with van der Waals surface area (Å²) < 4.78 is 0. The molecule has 19 heavy (non-hydrogen) atoms. The Morgan fingerprint density at radius 3 is 2.37 bits per heavy atom. The molecule has 0 saturated heterocycles. The lowest BCUT2D eigenvalue weighted by Crippen LogP contribution is -2.21. The molecular weight excluding hydrogens is 236 g/mol. The van der Waals surface area contributed by atoms with Crippen LogP contribution in [0, 0.1) is 11.3 Å². The largest absolute Gasteiger partial charge is 0.391 e. The van der Waals surface area contributed by atoms with Crippen molar-refractivity contribution in [3.63, 3.8) is 0 Å². The number of nitrogens with one attached hydrogen (secondary N) is 1. The van der Waals surface area contributed by atoms with Crippen LogP contribution >= 0.6 is 0 Å². The molecule has 0 unspecified atom stereocenters. The first-order valence-electron chi connectivity index (χ1n) is 6.24. The first-order chi connectivity index (χ1) is 9.28. The predicted molar refractivity (Wildman–Crippen MR) is 75.8 cm³/mol. The zero-order valence-corrected chi connectivity index (χ0v) is 10.6. The van der Waals surface area contributed by atoms with Gasteiger partial charge in [-0.25, -0.2) is 0 Å². The molecule has 2 rings (SSSR count). The van der Waals surface area contributed by atoms with Gasteiger partial charge in [-0.15, -0.1) is 0 Å². The second-order valence-corrected chi connectivity index (χ2v) is 4.41. The van der Waals surface area contributed by atoms with Gasteiger partial charge in [-0.3, -0.25) is 0 Å². The fourth-order valence-electron chi connectivity index (χ4n) is 1.86. The van der Waals surface area contributed by atoms with Crippen molar-refractivity contribution in [1.29, 1.82) is 5.26 Å². The zero-order valence-electron chi connectivity index (χ0n) is 10.6. The molecule has 2 N–H and O–H groups in total. The number of aliphatic hydroxyl groups is 1. The Labute approximate surface area is 113 Å². The number of hydrogen-bond donors (Lipinski definition) is 2. The molecule has 0 aliphatic heterocycles. The second kappa shape index (κ2) is 6.58. The maximum absolute atomic E-state index is 9.95. The molecule has 0 radical (unpaired) electrons. The topological polar surface area (TPSA) is 56.0 Å². The Morgan fingerprint density at radius 1 is 1.05 bits per heavy atom. The van der Waals surface area contributed by atoms with E-state index < -0.39 is 6.10 Å². The second-order valence-electron chi connectivity index (χ2n) is 4.41. The van der Waals surface area contributed by atoms with Crippen LogP contribution in [0.5, 0.6) is 0 Å². The van der Waals surface area contributed by atoms with Crippen molar-refractivity contribution in [2.24, 2.45) is 0 Å². The number of rotatable bonds is 5. The number of nitrogens with zero attached hydrogens (tertiary/aromatic N) is 1. The van der Waals surface area contributed by atoms with E-state index >= 15 is 0 Å². The highest BCUT2D eigenvalue weighted by Crippen LogP contribution is 2.09. The normalized spacial score (nSPS) is 11.6. The Morgan fingerprint density at radius 2 is 1.74 bits per heavy atom. The van der Waals surface area contributed by atoms with E-state index in [0.717, 1.165) is 11.3 Å². The average molecular weight is 252 g/mol. The van der Waals surface area contributed by atoms with E-state index in [1.807, 2.05) is 42.5 Å². The van der Waals surface area contributed by atoms with E-state index in [1.54, 1.807) is 12.1 Å². The molecule has 3 nitrogen and oxygen atoms in total. The van der Waals surface area contributed by atoms with Gasteiger partial charge in [-0.1, -0.05) is 30.3 Å². The lowest BCUT2D eigenvalue weighted by molar-refractivity contribution is 0.188. The van der Waals surface area contributed by atoms with Gasteiger partial charge in [0.1, 0.15) is 0 Å². The summed E-state index contributed by atoms with van der Waals surface area (Å²) >= 11 is 0. The highest BCUT2D eigenvalue weighted by atomic mass is 16.3. The van der Waals surface area contributed by atoms with E-state index in [0.29, 0.717) is 18.5 Å². The molecule has 0 fully saturated rings. The molecule has 2 aromatic carbocycles. The Bertz CT molecular complexity index is 543. The maximum atomic E-state index is 9.95. The molecule has 3 heteroatoms. The Hall–Kier alpha value is -2.31. The summed E-state index contributed by atoms with van der Waals surface area (Å²) in [4.78, 5) is 0. The Kier molecular flexibility index (Phi) is 4.54. The van der Waals surface area contributed by atoms with E-state index in [2.05, 4.69) is 11.4 Å². The fraction of sp³-hybridized carbons (Fsp3) is 0.188. The number of nitriles is 1.